The van der Waals surface area contributed by atoms with Crippen LogP contribution in [0.2, 0.25) is 0 Å². The van der Waals surface area contributed by atoms with E-state index in [0.29, 0.717) is 27.9 Å². The van der Waals surface area contributed by atoms with Gasteiger partial charge in [0, 0.05) is 44.5 Å². The molecule has 0 saturated carbocycles. The van der Waals surface area contributed by atoms with Crippen LogP contribution in [0, 0.1) is 5.82 Å². The number of aliphatic hydroxyl groups is 1. The van der Waals surface area contributed by atoms with Crippen LogP contribution in [0.4, 0.5) is 19.7 Å². The van der Waals surface area contributed by atoms with Crippen LogP contribution in [0.25, 0.3) is 21.6 Å². The van der Waals surface area contributed by atoms with E-state index in [2.05, 4.69) is 37.1 Å². The monoisotopic (exact) mass is 540 g/mol. The predicted molar refractivity (Wildman–Crippen MR) is 135 cm³/mol. The zero-order valence-corrected chi connectivity index (χ0v) is 20.7. The fraction of sp³-hybridized carbons (Fsp3) is 0.250. The highest BCUT2D eigenvalue weighted by atomic mass is 32.1. The van der Waals surface area contributed by atoms with Crippen molar-refractivity contribution in [1.29, 1.82) is 0 Å². The Kier molecular flexibility index (Phi) is 7.07. The molecule has 196 valence electrons. The third-order valence-electron chi connectivity index (χ3n) is 5.97. The van der Waals surface area contributed by atoms with Gasteiger partial charge in [0.15, 0.2) is 11.0 Å². The van der Waals surface area contributed by atoms with Crippen molar-refractivity contribution in [2.75, 3.05) is 18.4 Å². The van der Waals surface area contributed by atoms with E-state index in [1.165, 1.54) is 35.9 Å². The van der Waals surface area contributed by atoms with E-state index in [9.17, 15) is 23.5 Å². The van der Waals surface area contributed by atoms with Crippen LogP contribution in [0.1, 0.15) is 6.42 Å². The van der Waals surface area contributed by atoms with Gasteiger partial charge < -0.3 is 25.2 Å². The lowest BCUT2D eigenvalue weighted by Gasteiger charge is -2.22. The maximum absolute atomic E-state index is 14.0. The van der Waals surface area contributed by atoms with Gasteiger partial charge in [-0.25, -0.2) is 23.7 Å². The third-order valence-corrected chi connectivity index (χ3v) is 6.89. The van der Waals surface area contributed by atoms with E-state index in [0.717, 1.165) is 10.4 Å². The molecule has 4 aromatic heterocycles. The Hall–Kier alpha value is -4.30. The number of nitrogens with zero attached hydrogens (tertiary/aromatic N) is 6. The fourth-order valence-electron chi connectivity index (χ4n) is 4.19. The number of anilines is 2. The maximum atomic E-state index is 14.0. The van der Waals surface area contributed by atoms with Crippen molar-refractivity contribution in [3.63, 3.8) is 0 Å². The molecular weight excluding hydrogens is 518 g/mol. The van der Waals surface area contributed by atoms with Crippen molar-refractivity contribution in [3.05, 3.63) is 61.3 Å². The van der Waals surface area contributed by atoms with E-state index < -0.39 is 35.6 Å². The summed E-state index contributed by atoms with van der Waals surface area (Å²) in [6.07, 6.45) is 5.35. The van der Waals surface area contributed by atoms with Gasteiger partial charge in [-0.3, -0.25) is 14.6 Å². The van der Waals surface area contributed by atoms with Gasteiger partial charge >= 0.3 is 0 Å². The van der Waals surface area contributed by atoms with Crippen molar-refractivity contribution in [3.8, 4) is 10.6 Å². The molecule has 4 aromatic rings. The van der Waals surface area contributed by atoms with Gasteiger partial charge in [0.2, 0.25) is 5.91 Å². The predicted octanol–water partition coefficient (Wildman–Crippen LogP) is 2.39. The standard InChI is InChI=1S/C24H22F2N8O3S/c1-13(25)23(37)34-11-14(35)7-18(34)22(36)28-5-6-33-12-31-16-9-29-20(8-17(16)33)32-24-30-10-19(38-24)21-15(26)3-2-4-27-21/h2-4,8-10,12,14,18,35H,1,5-7,11H2,(H,28,36)(H,29,30,32)/t14-,18+/m0/s1. The summed E-state index contributed by atoms with van der Waals surface area (Å²) in [5, 5.41) is 16.2. The molecule has 0 aromatic carbocycles. The number of pyridine rings is 2. The second-order valence-corrected chi connectivity index (χ2v) is 9.57. The molecule has 1 aliphatic heterocycles. The SMILES string of the molecule is C=C(F)C(=O)N1C[C@@H](O)C[C@@H]1C(=O)NCCn1cnc2cnc(Nc3ncc(-c4ncccc4F)s3)cc21. The van der Waals surface area contributed by atoms with Gasteiger partial charge in [-0.15, -0.1) is 0 Å². The number of aliphatic hydroxyl groups excluding tert-OH is 1. The Morgan fingerprint density at radius 3 is 2.87 bits per heavy atom. The lowest BCUT2D eigenvalue weighted by molar-refractivity contribution is -0.136. The normalized spacial score (nSPS) is 17.1. The molecule has 1 saturated heterocycles. The summed E-state index contributed by atoms with van der Waals surface area (Å²) in [7, 11) is 0. The number of aromatic nitrogens is 5. The van der Waals surface area contributed by atoms with Crippen LogP contribution in [-0.4, -0.2) is 71.6 Å². The molecule has 1 fully saturated rings. The first-order valence-electron chi connectivity index (χ1n) is 11.6. The second kappa shape index (κ2) is 10.6. The van der Waals surface area contributed by atoms with Crippen LogP contribution in [0.5, 0.6) is 0 Å². The summed E-state index contributed by atoms with van der Waals surface area (Å²) >= 11 is 1.23. The van der Waals surface area contributed by atoms with Gasteiger partial charge in [0.05, 0.1) is 29.0 Å². The highest BCUT2D eigenvalue weighted by Gasteiger charge is 2.39. The number of halogens is 2. The molecule has 2 amide bonds. The molecule has 0 radical (unpaired) electrons. The molecule has 1 aliphatic rings. The summed E-state index contributed by atoms with van der Waals surface area (Å²) in [5.41, 5.74) is 1.59. The smallest absolute Gasteiger partial charge is 0.282 e. The topological polar surface area (TPSA) is 138 Å². The molecule has 3 N–H and O–H groups in total. The number of amides is 2. The minimum absolute atomic E-state index is 0.0189. The first kappa shape index (κ1) is 25.4. The number of hydrogen-bond acceptors (Lipinski definition) is 9. The molecule has 5 rings (SSSR count). The first-order chi connectivity index (χ1) is 18.3. The largest absolute Gasteiger partial charge is 0.391 e. The minimum atomic E-state index is -1.18. The van der Waals surface area contributed by atoms with E-state index in [4.69, 9.17) is 0 Å². The van der Waals surface area contributed by atoms with Gasteiger partial charge in [-0.2, -0.15) is 0 Å². The van der Waals surface area contributed by atoms with Gasteiger partial charge in [-0.1, -0.05) is 17.9 Å². The fourth-order valence-corrected chi connectivity index (χ4v) is 5.01. The number of nitrogens with one attached hydrogen (secondary N) is 2. The lowest BCUT2D eigenvalue weighted by atomic mass is 10.2. The zero-order valence-electron chi connectivity index (χ0n) is 19.8. The average Bonchev–Trinajstić information content (AvgIpc) is 3.62. The highest BCUT2D eigenvalue weighted by molar-refractivity contribution is 7.18. The molecule has 38 heavy (non-hydrogen) atoms. The van der Waals surface area contributed by atoms with E-state index >= 15 is 0 Å². The number of rotatable bonds is 8. The minimum Gasteiger partial charge on any atom is -0.391 e. The van der Waals surface area contributed by atoms with Crippen LogP contribution in [0.3, 0.4) is 0 Å². The van der Waals surface area contributed by atoms with Crippen molar-refractivity contribution in [2.24, 2.45) is 0 Å². The summed E-state index contributed by atoms with van der Waals surface area (Å²) < 4.78 is 29.2. The second-order valence-electron chi connectivity index (χ2n) is 8.54. The molecule has 2 atom stereocenters. The lowest BCUT2D eigenvalue weighted by Crippen LogP contribution is -2.46. The Bertz CT molecular complexity index is 1520. The molecule has 0 spiro atoms. The molecule has 0 bridgehead atoms. The Morgan fingerprint density at radius 1 is 1.24 bits per heavy atom. The Balaban J connectivity index is 1.23. The van der Waals surface area contributed by atoms with Crippen LogP contribution < -0.4 is 10.6 Å². The molecule has 0 unspecified atom stereocenters. The number of likely N-dealkylation sites (tertiary alicyclic amines) is 1. The molecule has 0 aliphatic carbocycles. The molecule has 14 heteroatoms. The number of thiazole rings is 1. The van der Waals surface area contributed by atoms with Gasteiger partial charge in [0.1, 0.15) is 28.9 Å². The molecule has 11 nitrogen and oxygen atoms in total. The van der Waals surface area contributed by atoms with Crippen molar-refractivity contribution in [2.45, 2.75) is 25.1 Å². The van der Waals surface area contributed by atoms with Crippen molar-refractivity contribution >= 4 is 45.1 Å². The quantitative estimate of drug-likeness (QED) is 0.290. The van der Waals surface area contributed by atoms with Crippen molar-refractivity contribution in [1.82, 2.24) is 34.7 Å². The number of hydrogen-bond donors (Lipinski definition) is 3. The highest BCUT2D eigenvalue weighted by Crippen LogP contribution is 2.31. The summed E-state index contributed by atoms with van der Waals surface area (Å²) in [6, 6.07) is 3.65. The Morgan fingerprint density at radius 2 is 2.08 bits per heavy atom. The maximum Gasteiger partial charge on any atom is 0.282 e. The summed E-state index contributed by atoms with van der Waals surface area (Å²) in [5.74, 6) is -2.63. The average molecular weight is 541 g/mol. The van der Waals surface area contributed by atoms with Crippen molar-refractivity contribution < 1.29 is 23.5 Å². The van der Waals surface area contributed by atoms with Gasteiger partial charge in [0.25, 0.3) is 5.91 Å². The number of imidazole rings is 1. The van der Waals surface area contributed by atoms with Crippen LogP contribution in [0.15, 0.2) is 55.5 Å². The Labute approximate surface area is 218 Å². The molecular formula is C24H22F2N8O3S. The summed E-state index contributed by atoms with van der Waals surface area (Å²) in [6.45, 7) is 3.40. The van der Waals surface area contributed by atoms with E-state index in [1.54, 1.807) is 18.6 Å². The summed E-state index contributed by atoms with van der Waals surface area (Å²) in [4.78, 5) is 43.2. The number of carbonyl (C=O) groups is 2. The van der Waals surface area contributed by atoms with E-state index in [-0.39, 0.29) is 25.2 Å². The zero-order chi connectivity index (χ0) is 26.8. The first-order valence-corrected chi connectivity index (χ1v) is 12.4. The molecule has 5 heterocycles. The van der Waals surface area contributed by atoms with E-state index in [1.807, 2.05) is 4.57 Å². The van der Waals surface area contributed by atoms with Crippen LogP contribution in [-0.2, 0) is 16.1 Å². The number of fused-ring (bicyclic) bond motifs is 1. The number of β-amino-alcohol motifs (C(OH)–C–C–N with tert-alkyl or cyclic N) is 1. The van der Waals surface area contributed by atoms with Crippen LogP contribution >= 0.6 is 11.3 Å². The van der Waals surface area contributed by atoms with Gasteiger partial charge in [-0.05, 0) is 12.1 Å². The third kappa shape index (κ3) is 5.21. The number of carbonyl (C=O) groups excluding carboxylic acids is 2.